The van der Waals surface area contributed by atoms with E-state index in [0.717, 1.165) is 0 Å². The first-order chi connectivity index (χ1) is 5.47. The average molecular weight is 193 g/mol. The van der Waals surface area contributed by atoms with Gasteiger partial charge in [-0.25, -0.2) is 14.2 Å². The maximum Gasteiger partial charge on any atom is 0.471 e. The second kappa shape index (κ2) is 3.32. The van der Waals surface area contributed by atoms with E-state index in [1.54, 1.807) is 6.92 Å². The molecule has 0 atom stereocenters. The van der Waals surface area contributed by atoms with Gasteiger partial charge >= 0.3 is 7.82 Å². The topological polar surface area (TPSA) is 97.5 Å². The van der Waals surface area contributed by atoms with Crippen LogP contribution in [-0.4, -0.2) is 24.6 Å². The van der Waals surface area contributed by atoms with Crippen LogP contribution in [0.25, 0.3) is 0 Å². The molecule has 0 bridgehead atoms. The molecule has 0 fully saturated rings. The molecule has 0 unspecified atom stereocenters. The van der Waals surface area contributed by atoms with Crippen molar-refractivity contribution in [2.24, 2.45) is 0 Å². The number of phosphoric ester groups is 1. The molecule has 0 spiro atoms. The Kier molecular flexibility index (Phi) is 2.58. The molecule has 1 heterocycles. The van der Waals surface area contributed by atoms with Crippen molar-refractivity contribution >= 4 is 7.82 Å². The highest BCUT2D eigenvalue weighted by atomic mass is 31.2. The van der Waals surface area contributed by atoms with Gasteiger partial charge in [0.05, 0.1) is 0 Å². The predicted octanol–water partition coefficient (Wildman–Crippen LogP) is -0.347. The number of aromatic nitrogens is 3. The lowest BCUT2D eigenvalue weighted by Crippen LogP contribution is -2.01. The first-order valence-electron chi connectivity index (χ1n) is 3.03. The van der Waals surface area contributed by atoms with Gasteiger partial charge in [0.15, 0.2) is 6.73 Å². The summed E-state index contributed by atoms with van der Waals surface area (Å²) in [6.07, 6.45) is 1.32. The Morgan fingerprint density at radius 1 is 1.75 bits per heavy atom. The van der Waals surface area contributed by atoms with Gasteiger partial charge in [-0.15, -0.1) is 0 Å². The van der Waals surface area contributed by atoms with Crippen LogP contribution in [0.5, 0.6) is 0 Å². The minimum absolute atomic E-state index is 0.300. The largest absolute Gasteiger partial charge is 0.471 e. The van der Waals surface area contributed by atoms with Gasteiger partial charge < -0.3 is 9.79 Å². The molecule has 0 aliphatic carbocycles. The normalized spacial score (nSPS) is 11.9. The zero-order chi connectivity index (χ0) is 9.19. The zero-order valence-corrected chi connectivity index (χ0v) is 7.18. The molecule has 1 aromatic rings. The number of nitrogens with zero attached hydrogens (tertiary/aromatic N) is 3. The highest BCUT2D eigenvalue weighted by Crippen LogP contribution is 2.35. The van der Waals surface area contributed by atoms with Crippen LogP contribution < -0.4 is 0 Å². The van der Waals surface area contributed by atoms with E-state index in [-0.39, 0.29) is 6.73 Å². The van der Waals surface area contributed by atoms with E-state index >= 15 is 0 Å². The maximum atomic E-state index is 10.2. The summed E-state index contributed by atoms with van der Waals surface area (Å²) in [4.78, 5) is 20.4. The molecule has 0 amide bonds. The van der Waals surface area contributed by atoms with Crippen molar-refractivity contribution in [2.75, 3.05) is 0 Å². The van der Waals surface area contributed by atoms with Crippen molar-refractivity contribution in [3.63, 3.8) is 0 Å². The van der Waals surface area contributed by atoms with Crippen molar-refractivity contribution < 1.29 is 18.9 Å². The summed E-state index contributed by atoms with van der Waals surface area (Å²) >= 11 is 0. The summed E-state index contributed by atoms with van der Waals surface area (Å²) in [6, 6.07) is 0. The monoisotopic (exact) mass is 193 g/mol. The summed E-state index contributed by atoms with van der Waals surface area (Å²) in [7, 11) is -4.41. The number of hydrogen-bond acceptors (Lipinski definition) is 4. The van der Waals surface area contributed by atoms with Crippen molar-refractivity contribution in [3.05, 3.63) is 12.2 Å². The van der Waals surface area contributed by atoms with Crippen molar-refractivity contribution in [1.82, 2.24) is 14.8 Å². The van der Waals surface area contributed by atoms with Crippen LogP contribution in [0.1, 0.15) is 5.82 Å². The third-order valence-corrected chi connectivity index (χ3v) is 1.46. The van der Waals surface area contributed by atoms with E-state index in [4.69, 9.17) is 9.79 Å². The van der Waals surface area contributed by atoms with Crippen LogP contribution >= 0.6 is 7.82 Å². The minimum Gasteiger partial charge on any atom is -0.303 e. The van der Waals surface area contributed by atoms with Crippen molar-refractivity contribution in [1.29, 1.82) is 0 Å². The van der Waals surface area contributed by atoms with Gasteiger partial charge in [-0.05, 0) is 6.92 Å². The van der Waals surface area contributed by atoms with Gasteiger partial charge in [-0.2, -0.15) is 5.10 Å². The van der Waals surface area contributed by atoms with Gasteiger partial charge in [0.25, 0.3) is 0 Å². The number of aryl methyl sites for hydroxylation is 1. The van der Waals surface area contributed by atoms with Crippen LogP contribution in [-0.2, 0) is 15.8 Å². The Hall–Kier alpha value is -0.750. The van der Waals surface area contributed by atoms with Crippen LogP contribution in [0.4, 0.5) is 0 Å². The molecule has 12 heavy (non-hydrogen) atoms. The molecule has 0 saturated heterocycles. The van der Waals surface area contributed by atoms with Crippen LogP contribution in [0.3, 0.4) is 0 Å². The smallest absolute Gasteiger partial charge is 0.303 e. The molecule has 8 heteroatoms. The Balaban J connectivity index is 2.49. The third-order valence-electron chi connectivity index (χ3n) is 1.01. The van der Waals surface area contributed by atoms with Crippen LogP contribution in [0.2, 0.25) is 0 Å². The lowest BCUT2D eigenvalue weighted by atomic mass is 10.8. The summed E-state index contributed by atoms with van der Waals surface area (Å²) in [6.45, 7) is 1.36. The Morgan fingerprint density at radius 3 is 2.83 bits per heavy atom. The lowest BCUT2D eigenvalue weighted by molar-refractivity contribution is 0.145. The second-order valence-electron chi connectivity index (χ2n) is 2.08. The van der Waals surface area contributed by atoms with Crippen molar-refractivity contribution in [2.45, 2.75) is 13.7 Å². The van der Waals surface area contributed by atoms with E-state index in [0.29, 0.717) is 5.82 Å². The highest BCUT2D eigenvalue weighted by molar-refractivity contribution is 7.46. The van der Waals surface area contributed by atoms with Crippen LogP contribution in [0, 0.1) is 6.92 Å². The standard InChI is InChI=1S/C4H8N3O4P/c1-4-5-2-7(6-4)3-11-12(8,9)10/h2H,3H2,1H3,(H2,8,9,10). The molecule has 0 radical (unpaired) electrons. The maximum absolute atomic E-state index is 10.2. The van der Waals surface area contributed by atoms with E-state index in [1.807, 2.05) is 0 Å². The molecular formula is C4H8N3O4P. The Labute approximate surface area is 68.2 Å². The predicted molar refractivity (Wildman–Crippen MR) is 37.9 cm³/mol. The van der Waals surface area contributed by atoms with E-state index in [2.05, 4.69) is 14.6 Å². The molecular weight excluding hydrogens is 185 g/mol. The average Bonchev–Trinajstić information content (AvgIpc) is 2.30. The van der Waals surface area contributed by atoms with Gasteiger partial charge in [-0.1, -0.05) is 0 Å². The van der Waals surface area contributed by atoms with Gasteiger partial charge in [0.1, 0.15) is 12.2 Å². The quantitative estimate of drug-likeness (QED) is 0.637. The Morgan fingerprint density at radius 2 is 2.42 bits per heavy atom. The Bertz CT molecular complexity index is 305. The zero-order valence-electron chi connectivity index (χ0n) is 6.28. The molecule has 68 valence electrons. The van der Waals surface area contributed by atoms with Crippen molar-refractivity contribution in [3.8, 4) is 0 Å². The fourth-order valence-electron chi connectivity index (χ4n) is 0.584. The SMILES string of the molecule is Cc1ncn(COP(=O)(O)O)n1. The number of phosphoric acid groups is 1. The number of hydrogen-bond donors (Lipinski definition) is 2. The fraction of sp³-hybridized carbons (Fsp3) is 0.500. The summed E-state index contributed by atoms with van der Waals surface area (Å²) in [5.74, 6) is 0.518. The van der Waals surface area contributed by atoms with E-state index < -0.39 is 7.82 Å². The van der Waals surface area contributed by atoms with E-state index in [1.165, 1.54) is 11.0 Å². The summed E-state index contributed by atoms with van der Waals surface area (Å²) in [5, 5.41) is 3.75. The molecule has 0 aromatic carbocycles. The van der Waals surface area contributed by atoms with Gasteiger partial charge in [0, 0.05) is 0 Å². The van der Waals surface area contributed by atoms with Gasteiger partial charge in [0.2, 0.25) is 0 Å². The van der Waals surface area contributed by atoms with Gasteiger partial charge in [-0.3, -0.25) is 4.52 Å². The first kappa shape index (κ1) is 9.34. The highest BCUT2D eigenvalue weighted by Gasteiger charge is 2.13. The molecule has 1 rings (SSSR count). The third kappa shape index (κ3) is 3.10. The minimum atomic E-state index is -4.41. The summed E-state index contributed by atoms with van der Waals surface area (Å²) < 4.78 is 15.6. The second-order valence-corrected chi connectivity index (χ2v) is 3.32. The van der Waals surface area contributed by atoms with E-state index in [9.17, 15) is 4.57 Å². The molecule has 1 aromatic heterocycles. The molecule has 2 N–H and O–H groups in total. The molecule has 0 aliphatic heterocycles. The lowest BCUT2D eigenvalue weighted by Gasteiger charge is -2.03. The van der Waals surface area contributed by atoms with Crippen LogP contribution in [0.15, 0.2) is 6.33 Å². The molecule has 0 saturated carbocycles. The fourth-order valence-corrected chi connectivity index (χ4v) is 0.853. The molecule has 0 aliphatic rings. The first-order valence-corrected chi connectivity index (χ1v) is 4.56. The molecule has 7 nitrogen and oxygen atoms in total. The number of rotatable bonds is 3. The summed E-state index contributed by atoms with van der Waals surface area (Å²) in [5.41, 5.74) is 0.